The molecule has 0 saturated heterocycles. The third kappa shape index (κ3) is 2.60. The highest BCUT2D eigenvalue weighted by Crippen LogP contribution is 2.29. The molecule has 1 atom stereocenters. The van der Waals surface area contributed by atoms with Crippen molar-refractivity contribution in [1.29, 1.82) is 0 Å². The first-order valence-electron chi connectivity index (χ1n) is 4.41. The minimum atomic E-state index is -1.17. The van der Waals surface area contributed by atoms with E-state index >= 15 is 0 Å². The Balaban J connectivity index is 3.00. The van der Waals surface area contributed by atoms with Crippen LogP contribution in [0.3, 0.4) is 0 Å². The van der Waals surface area contributed by atoms with Crippen LogP contribution in [0.15, 0.2) is 12.1 Å². The van der Waals surface area contributed by atoms with Crippen LogP contribution in [0.25, 0.3) is 0 Å². The van der Waals surface area contributed by atoms with Gasteiger partial charge in [-0.2, -0.15) is 0 Å². The molecule has 0 aliphatic rings. The first kappa shape index (κ1) is 11.3. The van der Waals surface area contributed by atoms with Crippen molar-refractivity contribution in [1.82, 2.24) is 0 Å². The number of aromatic hydroxyl groups is 2. The predicted molar refractivity (Wildman–Crippen MR) is 53.8 cm³/mol. The number of hydrogen-bond donors (Lipinski definition) is 4. The van der Waals surface area contributed by atoms with E-state index in [0.29, 0.717) is 5.56 Å². The van der Waals surface area contributed by atoms with Crippen molar-refractivity contribution in [3.63, 3.8) is 0 Å². The number of hydrogen-bond acceptors (Lipinski definition) is 4. The van der Waals surface area contributed by atoms with Crippen molar-refractivity contribution in [3.05, 3.63) is 23.3 Å². The number of benzene rings is 1. The van der Waals surface area contributed by atoms with Crippen LogP contribution in [0, 0.1) is 6.92 Å². The van der Waals surface area contributed by atoms with Crippen LogP contribution in [0.4, 0.5) is 0 Å². The number of nitrogens with two attached hydrogens (primary N) is 1. The lowest BCUT2D eigenvalue weighted by molar-refractivity contribution is -0.138. The molecule has 0 aliphatic heterocycles. The fraction of sp³-hybridized carbons (Fsp3) is 0.300. The van der Waals surface area contributed by atoms with Crippen LogP contribution in [0.1, 0.15) is 11.1 Å². The molecule has 15 heavy (non-hydrogen) atoms. The molecule has 1 unspecified atom stereocenters. The second-order valence-electron chi connectivity index (χ2n) is 3.43. The van der Waals surface area contributed by atoms with E-state index < -0.39 is 12.0 Å². The van der Waals surface area contributed by atoms with Crippen LogP contribution in [0.5, 0.6) is 11.5 Å². The second-order valence-corrected chi connectivity index (χ2v) is 3.43. The summed E-state index contributed by atoms with van der Waals surface area (Å²) in [5.74, 6) is -1.44. The summed E-state index contributed by atoms with van der Waals surface area (Å²) in [7, 11) is 0. The standard InChI is InChI=1S/C10H13NO4/c1-5-2-8(12)6(9(13)3-5)4-7(11)10(14)15/h2-3,7,12-13H,4,11H2,1H3,(H,14,15). The Bertz CT molecular complexity index is 366. The lowest BCUT2D eigenvalue weighted by Gasteiger charge is -2.10. The lowest BCUT2D eigenvalue weighted by Crippen LogP contribution is -2.32. The molecule has 0 spiro atoms. The van der Waals surface area contributed by atoms with E-state index in [4.69, 9.17) is 10.8 Å². The quantitative estimate of drug-likeness (QED) is 0.578. The van der Waals surface area contributed by atoms with Gasteiger partial charge in [-0.15, -0.1) is 0 Å². The maximum atomic E-state index is 10.5. The Labute approximate surface area is 86.8 Å². The summed E-state index contributed by atoms with van der Waals surface area (Å²) in [6.45, 7) is 1.71. The Morgan fingerprint density at radius 2 is 1.87 bits per heavy atom. The van der Waals surface area contributed by atoms with Crippen molar-refractivity contribution < 1.29 is 20.1 Å². The molecule has 5 N–H and O–H groups in total. The van der Waals surface area contributed by atoms with E-state index in [1.165, 1.54) is 12.1 Å². The molecule has 0 aromatic heterocycles. The van der Waals surface area contributed by atoms with Crippen molar-refractivity contribution in [3.8, 4) is 11.5 Å². The van der Waals surface area contributed by atoms with E-state index in [2.05, 4.69) is 0 Å². The van der Waals surface area contributed by atoms with Gasteiger partial charge in [0.1, 0.15) is 17.5 Å². The third-order valence-corrected chi connectivity index (χ3v) is 2.09. The predicted octanol–water partition coefficient (Wildman–Crippen LogP) is 0.361. The molecule has 5 heteroatoms. The van der Waals surface area contributed by atoms with E-state index in [1.807, 2.05) is 0 Å². The minimum absolute atomic E-state index is 0.104. The van der Waals surface area contributed by atoms with Gasteiger partial charge in [-0.25, -0.2) is 0 Å². The first-order chi connectivity index (χ1) is 6.91. The van der Waals surface area contributed by atoms with Gasteiger partial charge in [0.05, 0.1) is 0 Å². The van der Waals surface area contributed by atoms with Gasteiger partial charge in [-0.05, 0) is 24.6 Å². The number of carboxylic acid groups (broad SMARTS) is 1. The van der Waals surface area contributed by atoms with Gasteiger partial charge in [0.15, 0.2) is 0 Å². The van der Waals surface area contributed by atoms with Crippen LogP contribution in [-0.2, 0) is 11.2 Å². The molecule has 1 rings (SSSR count). The largest absolute Gasteiger partial charge is 0.508 e. The monoisotopic (exact) mass is 211 g/mol. The molecular weight excluding hydrogens is 198 g/mol. The summed E-state index contributed by atoms with van der Waals surface area (Å²) in [6.07, 6.45) is -0.104. The van der Waals surface area contributed by atoms with Gasteiger partial charge in [0.2, 0.25) is 0 Å². The molecule has 1 aromatic carbocycles. The normalized spacial score (nSPS) is 12.4. The molecule has 82 valence electrons. The topological polar surface area (TPSA) is 104 Å². The van der Waals surface area contributed by atoms with E-state index in [-0.39, 0.29) is 23.5 Å². The molecule has 0 heterocycles. The van der Waals surface area contributed by atoms with Gasteiger partial charge >= 0.3 is 5.97 Å². The Hall–Kier alpha value is -1.75. The summed E-state index contributed by atoms with van der Waals surface area (Å²) in [5.41, 5.74) is 6.16. The number of carboxylic acids is 1. The summed E-state index contributed by atoms with van der Waals surface area (Å²) in [4.78, 5) is 10.5. The molecule has 0 fully saturated rings. The van der Waals surface area contributed by atoms with Crippen molar-refractivity contribution in [2.45, 2.75) is 19.4 Å². The summed E-state index contributed by atoms with van der Waals surface area (Å²) < 4.78 is 0. The smallest absolute Gasteiger partial charge is 0.320 e. The number of phenolic OH excluding ortho intramolecular Hbond substituents is 2. The summed E-state index contributed by atoms with van der Waals surface area (Å²) in [5, 5.41) is 27.6. The van der Waals surface area contributed by atoms with Gasteiger partial charge in [-0.1, -0.05) is 0 Å². The van der Waals surface area contributed by atoms with Crippen molar-refractivity contribution in [2.24, 2.45) is 5.73 Å². The SMILES string of the molecule is Cc1cc(O)c(CC(N)C(=O)O)c(O)c1. The maximum absolute atomic E-state index is 10.5. The van der Waals surface area contributed by atoms with Crippen LogP contribution >= 0.6 is 0 Å². The highest BCUT2D eigenvalue weighted by molar-refractivity contribution is 5.74. The van der Waals surface area contributed by atoms with Crippen molar-refractivity contribution in [2.75, 3.05) is 0 Å². The highest BCUT2D eigenvalue weighted by Gasteiger charge is 2.17. The first-order valence-corrected chi connectivity index (χ1v) is 4.41. The van der Waals surface area contributed by atoms with Gasteiger partial charge in [0, 0.05) is 12.0 Å². The van der Waals surface area contributed by atoms with Crippen LogP contribution in [0.2, 0.25) is 0 Å². The molecule has 0 aliphatic carbocycles. The molecule has 5 nitrogen and oxygen atoms in total. The van der Waals surface area contributed by atoms with Crippen LogP contribution in [-0.4, -0.2) is 27.3 Å². The van der Waals surface area contributed by atoms with Crippen LogP contribution < -0.4 is 5.73 Å². The molecule has 0 bridgehead atoms. The molecule has 0 amide bonds. The van der Waals surface area contributed by atoms with Gasteiger partial charge in [-0.3, -0.25) is 4.79 Å². The van der Waals surface area contributed by atoms with Crippen molar-refractivity contribution >= 4 is 5.97 Å². The Morgan fingerprint density at radius 3 is 2.27 bits per heavy atom. The second kappa shape index (κ2) is 4.18. The lowest BCUT2D eigenvalue weighted by atomic mass is 10.0. The molecule has 0 radical (unpaired) electrons. The van der Waals surface area contributed by atoms with Gasteiger partial charge < -0.3 is 21.1 Å². The van der Waals surface area contributed by atoms with E-state index in [1.54, 1.807) is 6.92 Å². The summed E-state index contributed by atoms with van der Waals surface area (Å²) in [6, 6.07) is 1.76. The summed E-state index contributed by atoms with van der Waals surface area (Å²) >= 11 is 0. The number of phenols is 2. The molecular formula is C10H13NO4. The zero-order chi connectivity index (χ0) is 11.6. The highest BCUT2D eigenvalue weighted by atomic mass is 16.4. The van der Waals surface area contributed by atoms with E-state index in [9.17, 15) is 15.0 Å². The average Bonchev–Trinajstić information content (AvgIpc) is 2.10. The van der Waals surface area contributed by atoms with Gasteiger partial charge in [0.25, 0.3) is 0 Å². The molecule has 0 saturated carbocycles. The third-order valence-electron chi connectivity index (χ3n) is 2.09. The average molecular weight is 211 g/mol. The fourth-order valence-electron chi connectivity index (χ4n) is 1.29. The minimum Gasteiger partial charge on any atom is -0.508 e. The Morgan fingerprint density at radius 1 is 1.40 bits per heavy atom. The number of rotatable bonds is 3. The molecule has 1 aromatic rings. The zero-order valence-electron chi connectivity index (χ0n) is 8.27. The van der Waals surface area contributed by atoms with E-state index in [0.717, 1.165) is 0 Å². The number of carbonyl (C=O) groups is 1. The number of aliphatic carboxylic acids is 1. The Kier molecular flexibility index (Phi) is 3.16. The number of aryl methyl sites for hydroxylation is 1. The fourth-order valence-corrected chi connectivity index (χ4v) is 1.29. The zero-order valence-corrected chi connectivity index (χ0v) is 8.27. The maximum Gasteiger partial charge on any atom is 0.320 e.